The summed E-state index contributed by atoms with van der Waals surface area (Å²) in [5.41, 5.74) is 1.58. The molecule has 0 saturated carbocycles. The van der Waals surface area contributed by atoms with Gasteiger partial charge in [-0.15, -0.1) is 0 Å². The minimum Gasteiger partial charge on any atom is -0.477 e. The Bertz CT molecular complexity index is 491. The van der Waals surface area contributed by atoms with Gasteiger partial charge in [-0.25, -0.2) is 4.79 Å². The molecule has 0 radical (unpaired) electrons. The van der Waals surface area contributed by atoms with Crippen molar-refractivity contribution in [3.63, 3.8) is 0 Å². The second-order valence-electron chi connectivity index (χ2n) is 3.09. The lowest BCUT2D eigenvalue weighted by molar-refractivity contribution is 0.0685. The van der Waals surface area contributed by atoms with Crippen LogP contribution in [-0.4, -0.2) is 25.8 Å². The smallest absolute Gasteiger partial charge is 0.354 e. The zero-order valence-corrected chi connectivity index (χ0v) is 8.08. The number of aromatic nitrogens is 3. The highest BCUT2D eigenvalue weighted by molar-refractivity contribution is 5.87. The molecule has 1 N–H and O–H groups in total. The number of carboxylic acid groups (broad SMARTS) is 1. The first-order chi connectivity index (χ1) is 7.18. The highest BCUT2D eigenvalue weighted by atomic mass is 16.4. The third-order valence-corrected chi connectivity index (χ3v) is 2.06. The molecule has 2 aromatic heterocycles. The number of rotatable bonds is 2. The van der Waals surface area contributed by atoms with Gasteiger partial charge in [0.1, 0.15) is 5.69 Å². The van der Waals surface area contributed by atoms with Gasteiger partial charge in [0.2, 0.25) is 0 Å². The van der Waals surface area contributed by atoms with Crippen molar-refractivity contribution < 1.29 is 9.90 Å². The first-order valence-electron chi connectivity index (χ1n) is 4.36. The van der Waals surface area contributed by atoms with Crippen LogP contribution in [0.25, 0.3) is 11.3 Å². The van der Waals surface area contributed by atoms with Gasteiger partial charge in [-0.05, 0) is 18.2 Å². The third kappa shape index (κ3) is 1.71. The maximum atomic E-state index is 10.8. The highest BCUT2D eigenvalue weighted by Crippen LogP contribution is 2.17. The van der Waals surface area contributed by atoms with Crippen LogP contribution in [0.15, 0.2) is 30.6 Å². The molecule has 0 aliphatic carbocycles. The molecular weight excluding hydrogens is 194 g/mol. The lowest BCUT2D eigenvalue weighted by atomic mass is 10.2. The van der Waals surface area contributed by atoms with E-state index in [4.69, 9.17) is 5.11 Å². The van der Waals surface area contributed by atoms with E-state index in [1.54, 1.807) is 25.5 Å². The van der Waals surface area contributed by atoms with Gasteiger partial charge in [0.15, 0.2) is 0 Å². The van der Waals surface area contributed by atoms with Crippen LogP contribution < -0.4 is 0 Å². The fourth-order valence-corrected chi connectivity index (χ4v) is 1.32. The Labute approximate surface area is 86.0 Å². The molecule has 0 spiro atoms. The lowest BCUT2D eigenvalue weighted by Gasteiger charge is -1.93. The van der Waals surface area contributed by atoms with E-state index in [0.717, 1.165) is 5.56 Å². The minimum atomic E-state index is -0.986. The average Bonchev–Trinajstić information content (AvgIpc) is 2.62. The van der Waals surface area contributed by atoms with Gasteiger partial charge in [-0.2, -0.15) is 5.10 Å². The summed E-state index contributed by atoms with van der Waals surface area (Å²) in [5, 5.41) is 12.9. The number of nitrogens with zero attached hydrogens (tertiary/aromatic N) is 3. The molecule has 0 unspecified atom stereocenters. The van der Waals surface area contributed by atoms with E-state index in [1.807, 2.05) is 6.07 Å². The van der Waals surface area contributed by atoms with Crippen LogP contribution in [0, 0.1) is 0 Å². The topological polar surface area (TPSA) is 68.0 Å². The first-order valence-corrected chi connectivity index (χ1v) is 4.36. The van der Waals surface area contributed by atoms with Crippen molar-refractivity contribution in [1.29, 1.82) is 0 Å². The second-order valence-corrected chi connectivity index (χ2v) is 3.09. The molecule has 5 nitrogen and oxygen atoms in total. The summed E-state index contributed by atoms with van der Waals surface area (Å²) in [6.45, 7) is 0. The summed E-state index contributed by atoms with van der Waals surface area (Å²) in [6.07, 6.45) is 3.30. The van der Waals surface area contributed by atoms with Gasteiger partial charge in [-0.3, -0.25) is 9.67 Å². The Balaban J connectivity index is 2.48. The van der Waals surface area contributed by atoms with Gasteiger partial charge in [-0.1, -0.05) is 0 Å². The van der Waals surface area contributed by atoms with E-state index < -0.39 is 5.97 Å². The summed E-state index contributed by atoms with van der Waals surface area (Å²) in [5.74, 6) is -0.986. The Morgan fingerprint density at radius 1 is 1.53 bits per heavy atom. The van der Waals surface area contributed by atoms with Crippen molar-refractivity contribution >= 4 is 5.97 Å². The monoisotopic (exact) mass is 203 g/mol. The van der Waals surface area contributed by atoms with E-state index in [2.05, 4.69) is 10.1 Å². The van der Waals surface area contributed by atoms with Gasteiger partial charge in [0.05, 0.1) is 5.69 Å². The first kappa shape index (κ1) is 9.39. The highest BCUT2D eigenvalue weighted by Gasteiger charge is 2.12. The molecule has 2 rings (SSSR count). The molecule has 0 aliphatic rings. The predicted octanol–water partition coefficient (Wildman–Crippen LogP) is 1.18. The number of hydrogen-bond acceptors (Lipinski definition) is 3. The van der Waals surface area contributed by atoms with Crippen LogP contribution in [0.1, 0.15) is 10.5 Å². The van der Waals surface area contributed by atoms with Crippen molar-refractivity contribution in [2.24, 2.45) is 7.05 Å². The summed E-state index contributed by atoms with van der Waals surface area (Å²) in [6, 6.07) is 5.14. The predicted molar refractivity (Wildman–Crippen MR) is 53.4 cm³/mol. The van der Waals surface area contributed by atoms with Crippen LogP contribution in [0.4, 0.5) is 0 Å². The number of aryl methyl sites for hydroxylation is 1. The zero-order chi connectivity index (χ0) is 10.8. The van der Waals surface area contributed by atoms with Gasteiger partial charge in [0, 0.05) is 25.0 Å². The molecule has 0 fully saturated rings. The number of carboxylic acids is 1. The van der Waals surface area contributed by atoms with E-state index in [-0.39, 0.29) is 5.69 Å². The molecule has 0 atom stereocenters. The minimum absolute atomic E-state index is 0.161. The van der Waals surface area contributed by atoms with Gasteiger partial charge in [0.25, 0.3) is 0 Å². The Morgan fingerprint density at radius 2 is 2.33 bits per heavy atom. The number of pyridine rings is 1. The third-order valence-electron chi connectivity index (χ3n) is 2.06. The van der Waals surface area contributed by atoms with Crippen molar-refractivity contribution in [2.45, 2.75) is 0 Å². The summed E-state index contributed by atoms with van der Waals surface area (Å²) in [7, 11) is 1.60. The summed E-state index contributed by atoms with van der Waals surface area (Å²) < 4.78 is 1.34. The maximum absolute atomic E-state index is 10.8. The fraction of sp³-hybridized carbons (Fsp3) is 0.100. The van der Waals surface area contributed by atoms with Gasteiger partial charge >= 0.3 is 5.97 Å². The SMILES string of the molecule is Cn1nc(-c2cccnc2)cc1C(=O)O. The second kappa shape index (κ2) is 3.53. The molecule has 0 saturated heterocycles. The van der Waals surface area contributed by atoms with E-state index in [1.165, 1.54) is 10.7 Å². The zero-order valence-electron chi connectivity index (χ0n) is 8.08. The molecule has 2 aromatic rings. The summed E-state index contributed by atoms with van der Waals surface area (Å²) in [4.78, 5) is 14.7. The maximum Gasteiger partial charge on any atom is 0.354 e. The van der Waals surface area contributed by atoms with E-state index in [9.17, 15) is 4.79 Å². The fourth-order valence-electron chi connectivity index (χ4n) is 1.32. The van der Waals surface area contributed by atoms with E-state index >= 15 is 0 Å². The molecule has 0 aliphatic heterocycles. The van der Waals surface area contributed by atoms with Crippen molar-refractivity contribution in [3.8, 4) is 11.3 Å². The van der Waals surface area contributed by atoms with Crippen molar-refractivity contribution in [2.75, 3.05) is 0 Å². The molecule has 0 bridgehead atoms. The number of aromatic carboxylic acids is 1. The molecule has 2 heterocycles. The quantitative estimate of drug-likeness (QED) is 0.795. The standard InChI is InChI=1S/C10H9N3O2/c1-13-9(10(14)15)5-8(12-13)7-3-2-4-11-6-7/h2-6H,1H3,(H,14,15). The Hall–Kier alpha value is -2.17. The van der Waals surface area contributed by atoms with Crippen molar-refractivity contribution in [1.82, 2.24) is 14.8 Å². The molecule has 0 aromatic carbocycles. The largest absolute Gasteiger partial charge is 0.477 e. The van der Waals surface area contributed by atoms with Crippen molar-refractivity contribution in [3.05, 3.63) is 36.3 Å². The van der Waals surface area contributed by atoms with Crippen LogP contribution >= 0.6 is 0 Å². The van der Waals surface area contributed by atoms with Crippen LogP contribution in [0.2, 0.25) is 0 Å². The molecule has 5 heteroatoms. The lowest BCUT2D eigenvalue weighted by Crippen LogP contribution is -2.04. The van der Waals surface area contributed by atoms with Crippen LogP contribution in [0.3, 0.4) is 0 Å². The molecule has 76 valence electrons. The molecular formula is C10H9N3O2. The van der Waals surface area contributed by atoms with Crippen LogP contribution in [-0.2, 0) is 7.05 Å². The number of carbonyl (C=O) groups is 1. The van der Waals surface area contributed by atoms with Crippen LogP contribution in [0.5, 0.6) is 0 Å². The molecule has 15 heavy (non-hydrogen) atoms. The van der Waals surface area contributed by atoms with Gasteiger partial charge < -0.3 is 5.11 Å². The average molecular weight is 203 g/mol. The summed E-state index contributed by atoms with van der Waals surface area (Å²) >= 11 is 0. The number of hydrogen-bond donors (Lipinski definition) is 1. The van der Waals surface area contributed by atoms with E-state index in [0.29, 0.717) is 5.69 Å². The molecule has 0 amide bonds. The Kier molecular flexibility index (Phi) is 2.21. The Morgan fingerprint density at radius 3 is 2.87 bits per heavy atom. The normalized spacial score (nSPS) is 10.2.